The molecule has 0 saturated carbocycles. The van der Waals surface area contributed by atoms with Gasteiger partial charge in [-0.2, -0.15) is 0 Å². The number of hydrogen-bond acceptors (Lipinski definition) is 4. The van der Waals surface area contributed by atoms with E-state index >= 15 is 0 Å². The first-order chi connectivity index (χ1) is 37.2. The summed E-state index contributed by atoms with van der Waals surface area (Å²) in [6.45, 7) is 38.1. The predicted molar refractivity (Wildman–Crippen MR) is 342 cm³/mol. The van der Waals surface area contributed by atoms with Gasteiger partial charge in [0, 0.05) is 61.0 Å². The molecule has 0 N–H and O–H groups in total. The molecule has 0 unspecified atom stereocenters. The summed E-state index contributed by atoms with van der Waals surface area (Å²) in [6, 6.07) is 48.2. The Morgan fingerprint density at radius 3 is 1.70 bits per heavy atom. The number of furan rings is 1. The largest absolute Gasteiger partial charge is 0.456 e. The third kappa shape index (κ3) is 7.69. The second-order valence-corrected chi connectivity index (χ2v) is 31.1. The first kappa shape index (κ1) is 51.1. The zero-order valence-electron chi connectivity index (χ0n) is 50.0. The van der Waals surface area contributed by atoms with Crippen LogP contribution in [0.4, 0.5) is 28.4 Å². The van der Waals surface area contributed by atoms with Crippen LogP contribution in [-0.2, 0) is 44.3 Å². The Morgan fingerprint density at radius 2 is 1.05 bits per heavy atom. The van der Waals surface area contributed by atoms with Crippen molar-refractivity contribution < 1.29 is 4.42 Å². The Labute approximate surface area is 475 Å². The lowest BCUT2D eigenvalue weighted by Crippen LogP contribution is -2.61. The summed E-state index contributed by atoms with van der Waals surface area (Å²) in [6.07, 6.45) is 8.02. The van der Waals surface area contributed by atoms with Gasteiger partial charge in [-0.15, -0.1) is 11.3 Å². The highest BCUT2D eigenvalue weighted by Crippen LogP contribution is 2.55. The first-order valence-corrected chi connectivity index (χ1v) is 30.8. The van der Waals surface area contributed by atoms with E-state index in [0.29, 0.717) is 0 Å². The number of fused-ring (bicyclic) bond motifs is 12. The van der Waals surface area contributed by atoms with Crippen molar-refractivity contribution in [1.29, 1.82) is 0 Å². The lowest BCUT2D eigenvalue weighted by Gasteiger charge is -2.47. The number of rotatable bonds is 5. The van der Waals surface area contributed by atoms with Crippen molar-refractivity contribution >= 4 is 94.2 Å². The summed E-state index contributed by atoms with van der Waals surface area (Å²) in [5.74, 6) is 0. The van der Waals surface area contributed by atoms with Gasteiger partial charge in [0.1, 0.15) is 11.2 Å². The Balaban J connectivity index is 1.07. The topological polar surface area (TPSA) is 19.6 Å². The maximum absolute atomic E-state index is 6.80. The van der Waals surface area contributed by atoms with E-state index in [2.05, 4.69) is 246 Å². The second-order valence-electron chi connectivity index (χ2n) is 30.0. The average molecular weight is 1060 g/mol. The van der Waals surface area contributed by atoms with Gasteiger partial charge < -0.3 is 14.2 Å². The number of benzene rings is 7. The van der Waals surface area contributed by atoms with E-state index in [1.807, 2.05) is 0 Å². The van der Waals surface area contributed by atoms with Crippen molar-refractivity contribution in [1.82, 2.24) is 0 Å². The normalized spacial score (nSPS) is 19.7. The molecule has 5 aliphatic rings. The van der Waals surface area contributed by atoms with Gasteiger partial charge in [-0.05, 0) is 198 Å². The molecule has 0 spiro atoms. The molecule has 0 bridgehead atoms. The lowest BCUT2D eigenvalue weighted by atomic mass is 9.35. The van der Waals surface area contributed by atoms with Crippen LogP contribution in [0.3, 0.4) is 0 Å². The molecule has 7 aromatic carbocycles. The van der Waals surface area contributed by atoms with Crippen LogP contribution in [0.25, 0.3) is 43.2 Å². The van der Waals surface area contributed by atoms with Crippen LogP contribution in [0.15, 0.2) is 126 Å². The van der Waals surface area contributed by atoms with E-state index in [-0.39, 0.29) is 44.6 Å². The van der Waals surface area contributed by atoms with Crippen LogP contribution >= 0.6 is 11.3 Å². The van der Waals surface area contributed by atoms with Crippen molar-refractivity contribution in [2.45, 2.75) is 187 Å². The van der Waals surface area contributed by atoms with Gasteiger partial charge in [0.25, 0.3) is 6.71 Å². The molecule has 3 aliphatic carbocycles. The van der Waals surface area contributed by atoms with Crippen LogP contribution in [0, 0.1) is 0 Å². The standard InChI is InChI=1S/C74H81BN2OS/c1-68(2,3)46-36-60-65-61(37-46)77(47-25-26-49-48-23-19-20-24-62(48)78-63(49)38-47)66-51-40-54-57(74(14,15)33-30-71(54,8)9)43-64(51)79-67(66)75(65)58-41-55-56(73(12,13)32-31-72(55,10)11)42-59(58)76(60)34-27-45-35-52-53(70(6,7)29-28-69(52,4)5)39-50(45)44-21-17-16-18-22-44/h16-26,35-43H,27-34H2,1-15H3. The fourth-order valence-electron chi connectivity index (χ4n) is 15.5. The molecule has 4 heterocycles. The second kappa shape index (κ2) is 16.8. The van der Waals surface area contributed by atoms with E-state index < -0.39 is 0 Å². The van der Waals surface area contributed by atoms with Crippen LogP contribution in [0.5, 0.6) is 0 Å². The monoisotopic (exact) mass is 1060 g/mol. The minimum absolute atomic E-state index is 0.0414. The number of anilines is 5. The molecule has 2 aliphatic heterocycles. The summed E-state index contributed by atoms with van der Waals surface area (Å²) in [5, 5.41) is 3.70. The molecule has 0 fully saturated rings. The van der Waals surface area contributed by atoms with E-state index in [0.717, 1.165) is 40.6 Å². The van der Waals surface area contributed by atoms with Crippen molar-refractivity contribution in [3.63, 3.8) is 0 Å². The zero-order valence-corrected chi connectivity index (χ0v) is 50.8. The van der Waals surface area contributed by atoms with Gasteiger partial charge >= 0.3 is 0 Å². The van der Waals surface area contributed by atoms with Gasteiger partial charge in [-0.25, -0.2) is 0 Å². The van der Waals surface area contributed by atoms with Gasteiger partial charge in [0.15, 0.2) is 0 Å². The Kier molecular flexibility index (Phi) is 10.9. The van der Waals surface area contributed by atoms with E-state index in [1.165, 1.54) is 143 Å². The number of nitrogens with zero attached hydrogens (tertiary/aromatic N) is 2. The highest BCUT2D eigenvalue weighted by Gasteiger charge is 2.49. The zero-order chi connectivity index (χ0) is 55.3. The number of thiophene rings is 1. The Hall–Kier alpha value is -6.04. The molecule has 2 aromatic heterocycles. The first-order valence-electron chi connectivity index (χ1n) is 29.9. The summed E-state index contributed by atoms with van der Waals surface area (Å²) in [4.78, 5) is 5.53. The lowest BCUT2D eigenvalue weighted by molar-refractivity contribution is 0.331. The van der Waals surface area contributed by atoms with Crippen molar-refractivity contribution in [2.75, 3.05) is 16.3 Å². The van der Waals surface area contributed by atoms with E-state index in [9.17, 15) is 0 Å². The summed E-state index contributed by atoms with van der Waals surface area (Å²) in [7, 11) is 0. The highest BCUT2D eigenvalue weighted by atomic mass is 32.1. The highest BCUT2D eigenvalue weighted by molar-refractivity contribution is 7.33. The van der Waals surface area contributed by atoms with Crippen molar-refractivity contribution in [2.24, 2.45) is 0 Å². The van der Waals surface area contributed by atoms with Gasteiger partial charge in [-0.3, -0.25) is 0 Å². The average Bonchev–Trinajstić information content (AvgIpc) is 2.72. The van der Waals surface area contributed by atoms with E-state index in [4.69, 9.17) is 4.42 Å². The van der Waals surface area contributed by atoms with E-state index in [1.54, 1.807) is 0 Å². The summed E-state index contributed by atoms with van der Waals surface area (Å²) >= 11 is 2.07. The van der Waals surface area contributed by atoms with Gasteiger partial charge in [0.2, 0.25) is 0 Å². The predicted octanol–water partition coefficient (Wildman–Crippen LogP) is 18.8. The molecule has 9 aromatic rings. The molecule has 0 atom stereocenters. The molecule has 0 amide bonds. The quantitative estimate of drug-likeness (QED) is 0.160. The maximum Gasteiger partial charge on any atom is 0.264 e. The summed E-state index contributed by atoms with van der Waals surface area (Å²) in [5.41, 5.74) is 26.2. The van der Waals surface area contributed by atoms with Crippen LogP contribution in [-0.4, -0.2) is 13.3 Å². The van der Waals surface area contributed by atoms with Crippen LogP contribution < -0.4 is 25.5 Å². The SMILES string of the molecule is CC(C)(C)c1cc2c3c(c1)N(c1ccc4c(c1)oc1ccccc14)c1c(sc4cc5c(cc14)C(C)(C)CCC5(C)C)B3c1cc3c(cc1N2CCc1cc2c(cc1-c1ccccc1)C(C)(C)CCC2(C)C)C(C)(C)CCC3(C)C. The molecule has 0 saturated heterocycles. The smallest absolute Gasteiger partial charge is 0.264 e. The third-order valence-corrected chi connectivity index (χ3v) is 22.2. The minimum atomic E-state index is -0.133. The molecule has 0 radical (unpaired) electrons. The molecular formula is C74H81BN2OS. The maximum atomic E-state index is 6.80. The van der Waals surface area contributed by atoms with Gasteiger partial charge in [0.05, 0.1) is 5.69 Å². The number of hydrogen-bond donors (Lipinski definition) is 0. The molecule has 14 rings (SSSR count). The Bertz CT molecular complexity index is 4040. The molecular weight excluding hydrogens is 976 g/mol. The molecule has 3 nitrogen and oxygen atoms in total. The fraction of sp³-hybridized carbons (Fsp3) is 0.405. The third-order valence-electron chi connectivity index (χ3n) is 21.0. The fourth-order valence-corrected chi connectivity index (χ4v) is 16.8. The summed E-state index contributed by atoms with van der Waals surface area (Å²) < 4.78 is 9.65. The number of para-hydroxylation sites is 1. The van der Waals surface area contributed by atoms with Crippen LogP contribution in [0.1, 0.15) is 187 Å². The molecule has 402 valence electrons. The van der Waals surface area contributed by atoms with Crippen molar-refractivity contribution in [3.8, 4) is 11.1 Å². The molecule has 79 heavy (non-hydrogen) atoms. The van der Waals surface area contributed by atoms with Crippen molar-refractivity contribution in [3.05, 3.63) is 166 Å². The Morgan fingerprint density at radius 1 is 0.506 bits per heavy atom. The van der Waals surface area contributed by atoms with Gasteiger partial charge in [-0.1, -0.05) is 171 Å². The molecule has 5 heteroatoms. The minimum Gasteiger partial charge on any atom is -0.456 e. The van der Waals surface area contributed by atoms with Crippen LogP contribution in [0.2, 0.25) is 0 Å².